The molecule has 1 saturated carbocycles. The molecular weight excluding hydrogens is 226 g/mol. The van der Waals surface area contributed by atoms with E-state index in [9.17, 15) is 0 Å². The summed E-state index contributed by atoms with van der Waals surface area (Å²) in [7, 11) is 1.77. The van der Waals surface area contributed by atoms with E-state index < -0.39 is 0 Å². The van der Waals surface area contributed by atoms with E-state index in [0.717, 1.165) is 37.5 Å². The average molecular weight is 249 g/mol. The first-order valence-electron chi connectivity index (χ1n) is 6.70. The minimum Gasteiger partial charge on any atom is -0.385 e. The van der Waals surface area contributed by atoms with Crippen LogP contribution in [0.2, 0.25) is 0 Å². The van der Waals surface area contributed by atoms with Crippen LogP contribution in [0.4, 0.5) is 11.4 Å². The molecule has 1 aliphatic rings. The number of aromatic nitrogens is 1. The number of pyridine rings is 1. The molecule has 0 bridgehead atoms. The van der Waals surface area contributed by atoms with Crippen LogP contribution in [0.15, 0.2) is 18.5 Å². The highest BCUT2D eigenvalue weighted by molar-refractivity contribution is 5.54. The van der Waals surface area contributed by atoms with Gasteiger partial charge in [-0.05, 0) is 37.7 Å². The number of nitrogens with zero attached hydrogens (tertiary/aromatic N) is 1. The third-order valence-electron chi connectivity index (χ3n) is 3.58. The van der Waals surface area contributed by atoms with Crippen LogP contribution in [0.25, 0.3) is 0 Å². The summed E-state index contributed by atoms with van der Waals surface area (Å²) < 4.78 is 5.17. The molecule has 0 radical (unpaired) electrons. The molecule has 0 spiro atoms. The fourth-order valence-corrected chi connectivity index (χ4v) is 2.14. The van der Waals surface area contributed by atoms with Crippen molar-refractivity contribution < 1.29 is 4.74 Å². The monoisotopic (exact) mass is 249 g/mol. The van der Waals surface area contributed by atoms with Crippen LogP contribution in [0.1, 0.15) is 26.2 Å². The van der Waals surface area contributed by atoms with Crippen molar-refractivity contribution in [1.82, 2.24) is 4.98 Å². The Hall–Kier alpha value is -1.29. The molecule has 0 unspecified atom stereocenters. The van der Waals surface area contributed by atoms with Crippen LogP contribution in [0.3, 0.4) is 0 Å². The van der Waals surface area contributed by atoms with Gasteiger partial charge in [0.05, 0.1) is 23.8 Å². The molecule has 0 saturated heterocycles. The van der Waals surface area contributed by atoms with E-state index in [-0.39, 0.29) is 0 Å². The lowest BCUT2D eigenvalue weighted by Gasteiger charge is -2.16. The summed E-state index contributed by atoms with van der Waals surface area (Å²) >= 11 is 0. The normalized spacial score (nSPS) is 16.3. The van der Waals surface area contributed by atoms with Gasteiger partial charge in [0.25, 0.3) is 0 Å². The molecule has 1 aromatic heterocycles. The van der Waals surface area contributed by atoms with Crippen LogP contribution in [-0.4, -0.2) is 31.8 Å². The number of methoxy groups -OCH3 is 1. The van der Waals surface area contributed by atoms with Crippen molar-refractivity contribution in [2.45, 2.75) is 26.2 Å². The Morgan fingerprint density at radius 1 is 1.28 bits per heavy atom. The SMILES string of the molecule is CCNc1cncc(NCC2(CCOC)CC2)c1. The minimum absolute atomic E-state index is 0.462. The zero-order valence-corrected chi connectivity index (χ0v) is 11.3. The molecule has 1 aromatic rings. The molecule has 0 aliphatic heterocycles. The molecule has 4 nitrogen and oxygen atoms in total. The molecule has 4 heteroatoms. The highest BCUT2D eigenvalue weighted by Crippen LogP contribution is 2.48. The summed E-state index contributed by atoms with van der Waals surface area (Å²) in [4.78, 5) is 4.24. The van der Waals surface area contributed by atoms with Gasteiger partial charge in [-0.2, -0.15) is 0 Å². The first-order chi connectivity index (χ1) is 8.78. The van der Waals surface area contributed by atoms with E-state index in [2.05, 4.69) is 28.6 Å². The van der Waals surface area contributed by atoms with Crippen molar-refractivity contribution in [3.8, 4) is 0 Å². The van der Waals surface area contributed by atoms with Crippen LogP contribution in [-0.2, 0) is 4.74 Å². The second-order valence-corrected chi connectivity index (χ2v) is 5.09. The van der Waals surface area contributed by atoms with Crippen molar-refractivity contribution >= 4 is 11.4 Å². The summed E-state index contributed by atoms with van der Waals surface area (Å²) in [6.07, 6.45) is 7.50. The Labute approximate surface area is 109 Å². The molecule has 1 heterocycles. The molecule has 0 aromatic carbocycles. The standard InChI is InChI=1S/C14H23N3O/c1-3-16-12-8-13(10-15-9-12)17-11-14(4-5-14)6-7-18-2/h8-10,16-17H,3-7,11H2,1-2H3. The van der Waals surface area contributed by atoms with Gasteiger partial charge in [0.1, 0.15) is 0 Å². The van der Waals surface area contributed by atoms with Crippen LogP contribution in [0, 0.1) is 5.41 Å². The predicted octanol–water partition coefficient (Wildman–Crippen LogP) is 2.74. The lowest BCUT2D eigenvalue weighted by molar-refractivity contribution is 0.175. The number of hydrogen-bond donors (Lipinski definition) is 2. The Kier molecular flexibility index (Phi) is 4.42. The van der Waals surface area contributed by atoms with Gasteiger partial charge in [0.15, 0.2) is 0 Å². The number of hydrogen-bond acceptors (Lipinski definition) is 4. The van der Waals surface area contributed by atoms with Crippen molar-refractivity contribution in [2.75, 3.05) is 37.4 Å². The van der Waals surface area contributed by atoms with Gasteiger partial charge in [-0.3, -0.25) is 4.98 Å². The second-order valence-electron chi connectivity index (χ2n) is 5.09. The maximum atomic E-state index is 5.17. The Morgan fingerprint density at radius 3 is 2.61 bits per heavy atom. The van der Waals surface area contributed by atoms with Gasteiger partial charge in [0.2, 0.25) is 0 Å². The smallest absolute Gasteiger partial charge is 0.0547 e. The van der Waals surface area contributed by atoms with E-state index in [1.165, 1.54) is 12.8 Å². The summed E-state index contributed by atoms with van der Waals surface area (Å²) in [5.74, 6) is 0. The average Bonchev–Trinajstić information content (AvgIpc) is 3.16. The second kappa shape index (κ2) is 6.05. The fourth-order valence-electron chi connectivity index (χ4n) is 2.14. The zero-order chi connectivity index (χ0) is 12.8. The third-order valence-corrected chi connectivity index (χ3v) is 3.58. The Balaban J connectivity index is 1.84. The molecule has 0 amide bonds. The number of rotatable bonds is 8. The molecule has 1 aliphatic carbocycles. The summed E-state index contributed by atoms with van der Waals surface area (Å²) in [5.41, 5.74) is 2.63. The van der Waals surface area contributed by atoms with Crippen LogP contribution in [0.5, 0.6) is 0 Å². The van der Waals surface area contributed by atoms with Gasteiger partial charge >= 0.3 is 0 Å². The number of nitrogens with one attached hydrogen (secondary N) is 2. The van der Waals surface area contributed by atoms with Gasteiger partial charge in [-0.1, -0.05) is 0 Å². The highest BCUT2D eigenvalue weighted by atomic mass is 16.5. The largest absolute Gasteiger partial charge is 0.385 e. The van der Waals surface area contributed by atoms with Crippen molar-refractivity contribution in [1.29, 1.82) is 0 Å². The molecule has 2 rings (SSSR count). The first-order valence-corrected chi connectivity index (χ1v) is 6.70. The first kappa shape index (κ1) is 13.1. The summed E-state index contributed by atoms with van der Waals surface area (Å²) in [6.45, 7) is 4.89. The summed E-state index contributed by atoms with van der Waals surface area (Å²) in [6, 6.07) is 2.11. The third kappa shape index (κ3) is 3.60. The van der Waals surface area contributed by atoms with Crippen LogP contribution < -0.4 is 10.6 Å². The number of ether oxygens (including phenoxy) is 1. The summed E-state index contributed by atoms with van der Waals surface area (Å²) in [5, 5.41) is 6.77. The zero-order valence-electron chi connectivity index (χ0n) is 11.3. The van der Waals surface area contributed by atoms with Crippen molar-refractivity contribution in [3.05, 3.63) is 18.5 Å². The Morgan fingerprint density at radius 2 is 2.00 bits per heavy atom. The van der Waals surface area contributed by atoms with E-state index in [0.29, 0.717) is 5.41 Å². The molecule has 2 N–H and O–H groups in total. The maximum Gasteiger partial charge on any atom is 0.0547 e. The van der Waals surface area contributed by atoms with Gasteiger partial charge in [-0.25, -0.2) is 0 Å². The molecule has 0 atom stereocenters. The van der Waals surface area contributed by atoms with Gasteiger partial charge in [-0.15, -0.1) is 0 Å². The molecule has 18 heavy (non-hydrogen) atoms. The lowest BCUT2D eigenvalue weighted by Crippen LogP contribution is -2.17. The number of anilines is 2. The van der Waals surface area contributed by atoms with E-state index in [4.69, 9.17) is 4.74 Å². The van der Waals surface area contributed by atoms with E-state index >= 15 is 0 Å². The van der Waals surface area contributed by atoms with Gasteiger partial charge < -0.3 is 15.4 Å². The van der Waals surface area contributed by atoms with Crippen molar-refractivity contribution in [2.24, 2.45) is 5.41 Å². The maximum absolute atomic E-state index is 5.17. The highest BCUT2D eigenvalue weighted by Gasteiger charge is 2.41. The van der Waals surface area contributed by atoms with Crippen LogP contribution >= 0.6 is 0 Å². The van der Waals surface area contributed by atoms with E-state index in [1.807, 2.05) is 12.4 Å². The molecular formula is C14H23N3O. The fraction of sp³-hybridized carbons (Fsp3) is 0.643. The molecule has 100 valence electrons. The molecule has 1 fully saturated rings. The topological polar surface area (TPSA) is 46.2 Å². The minimum atomic E-state index is 0.462. The van der Waals surface area contributed by atoms with Crippen molar-refractivity contribution in [3.63, 3.8) is 0 Å². The van der Waals surface area contributed by atoms with E-state index in [1.54, 1.807) is 7.11 Å². The predicted molar refractivity (Wildman–Crippen MR) is 75.1 cm³/mol. The Bertz CT molecular complexity index is 377. The quantitative estimate of drug-likeness (QED) is 0.743. The van der Waals surface area contributed by atoms with Gasteiger partial charge in [0, 0.05) is 26.8 Å². The lowest BCUT2D eigenvalue weighted by atomic mass is 10.0.